The van der Waals surface area contributed by atoms with Crippen LogP contribution in [-0.4, -0.2) is 18.8 Å². The summed E-state index contributed by atoms with van der Waals surface area (Å²) in [5.74, 6) is 2.11. The average molecular weight is 267 g/mol. The zero-order valence-electron chi connectivity index (χ0n) is 9.94. The van der Waals surface area contributed by atoms with Gasteiger partial charge in [0.15, 0.2) is 0 Å². The predicted octanol–water partition coefficient (Wildman–Crippen LogP) is 3.57. The third kappa shape index (κ3) is 4.22. The van der Waals surface area contributed by atoms with Crippen LogP contribution in [0.25, 0.3) is 0 Å². The Morgan fingerprint density at radius 3 is 3.00 bits per heavy atom. The molecule has 0 fully saturated rings. The molecule has 0 aliphatic carbocycles. The Balaban J connectivity index is 1.54. The number of aryl methyl sites for hydroxylation is 1. The molecule has 2 nitrogen and oxygen atoms in total. The zero-order chi connectivity index (χ0) is 11.9. The lowest BCUT2D eigenvalue weighted by Gasteiger charge is -2.03. The van der Waals surface area contributed by atoms with Gasteiger partial charge in [0.05, 0.1) is 6.26 Å². The van der Waals surface area contributed by atoms with Crippen molar-refractivity contribution >= 4 is 23.1 Å². The van der Waals surface area contributed by atoms with E-state index in [0.717, 1.165) is 31.0 Å². The smallest absolute Gasteiger partial charge is 0.114 e. The molecule has 0 saturated heterocycles. The third-order valence-corrected chi connectivity index (χ3v) is 4.55. The van der Waals surface area contributed by atoms with Crippen molar-refractivity contribution in [2.45, 2.75) is 18.2 Å². The lowest BCUT2D eigenvalue weighted by molar-refractivity contribution is 0.527. The van der Waals surface area contributed by atoms with Crippen molar-refractivity contribution in [3.63, 3.8) is 0 Å². The minimum absolute atomic E-state index is 1.02. The van der Waals surface area contributed by atoms with E-state index in [1.54, 1.807) is 6.26 Å². The van der Waals surface area contributed by atoms with Crippen molar-refractivity contribution in [3.8, 4) is 0 Å². The largest absolute Gasteiger partial charge is 0.468 e. The van der Waals surface area contributed by atoms with E-state index >= 15 is 0 Å². The first kappa shape index (κ1) is 12.7. The normalized spacial score (nSPS) is 10.9. The minimum atomic E-state index is 1.02. The van der Waals surface area contributed by atoms with E-state index in [-0.39, 0.29) is 0 Å². The van der Waals surface area contributed by atoms with Gasteiger partial charge in [0.1, 0.15) is 5.76 Å². The molecular weight excluding hydrogens is 250 g/mol. The first-order chi connectivity index (χ1) is 8.36. The minimum Gasteiger partial charge on any atom is -0.468 e. The summed E-state index contributed by atoms with van der Waals surface area (Å²) in [6.07, 6.45) is 2.88. The van der Waals surface area contributed by atoms with E-state index in [2.05, 4.69) is 22.8 Å². The highest BCUT2D eigenvalue weighted by atomic mass is 32.2. The van der Waals surface area contributed by atoms with E-state index in [1.807, 2.05) is 36.1 Å². The summed E-state index contributed by atoms with van der Waals surface area (Å²) >= 11 is 3.68. The fourth-order valence-corrected chi connectivity index (χ4v) is 3.13. The van der Waals surface area contributed by atoms with Gasteiger partial charge in [-0.05, 0) is 37.4 Å². The SMILES string of the molecule is Cc1occc1SCCNCCc1cccs1. The maximum Gasteiger partial charge on any atom is 0.114 e. The second-order valence-electron chi connectivity index (χ2n) is 3.77. The van der Waals surface area contributed by atoms with Crippen molar-refractivity contribution in [3.05, 3.63) is 40.5 Å². The maximum atomic E-state index is 5.25. The summed E-state index contributed by atoms with van der Waals surface area (Å²) < 4.78 is 5.25. The van der Waals surface area contributed by atoms with Crippen LogP contribution in [0.4, 0.5) is 0 Å². The molecule has 2 rings (SSSR count). The standard InChI is InChI=1S/C13H17NOS2/c1-11-13(5-8-15-11)17-10-7-14-6-4-12-3-2-9-16-12/h2-3,5,8-9,14H,4,6-7,10H2,1H3. The van der Waals surface area contributed by atoms with Gasteiger partial charge in [-0.1, -0.05) is 6.07 Å². The number of hydrogen-bond donors (Lipinski definition) is 1. The molecule has 0 amide bonds. The topological polar surface area (TPSA) is 25.2 Å². The Morgan fingerprint density at radius 2 is 2.29 bits per heavy atom. The molecule has 0 aromatic carbocycles. The molecule has 0 bridgehead atoms. The first-order valence-corrected chi connectivity index (χ1v) is 7.63. The fourth-order valence-electron chi connectivity index (χ4n) is 1.55. The van der Waals surface area contributed by atoms with Crippen molar-refractivity contribution in [2.24, 2.45) is 0 Å². The second kappa shape index (κ2) is 6.89. The van der Waals surface area contributed by atoms with Gasteiger partial charge in [0, 0.05) is 22.1 Å². The molecule has 2 aromatic rings. The lowest BCUT2D eigenvalue weighted by atomic mass is 10.3. The van der Waals surface area contributed by atoms with Crippen LogP contribution in [0.1, 0.15) is 10.6 Å². The molecule has 2 heterocycles. The average Bonchev–Trinajstić information content (AvgIpc) is 2.95. The van der Waals surface area contributed by atoms with Gasteiger partial charge in [0.25, 0.3) is 0 Å². The summed E-state index contributed by atoms with van der Waals surface area (Å²) in [5.41, 5.74) is 0. The Labute approximate surface area is 110 Å². The van der Waals surface area contributed by atoms with Crippen LogP contribution < -0.4 is 5.32 Å². The van der Waals surface area contributed by atoms with Gasteiger partial charge in [-0.15, -0.1) is 23.1 Å². The first-order valence-electron chi connectivity index (χ1n) is 5.76. The van der Waals surface area contributed by atoms with Gasteiger partial charge in [0.2, 0.25) is 0 Å². The van der Waals surface area contributed by atoms with E-state index in [1.165, 1.54) is 9.77 Å². The number of nitrogens with one attached hydrogen (secondary N) is 1. The maximum absolute atomic E-state index is 5.25. The van der Waals surface area contributed by atoms with E-state index in [9.17, 15) is 0 Å². The van der Waals surface area contributed by atoms with E-state index in [0.29, 0.717) is 0 Å². The van der Waals surface area contributed by atoms with Crippen LogP contribution in [-0.2, 0) is 6.42 Å². The Bertz CT molecular complexity index is 422. The van der Waals surface area contributed by atoms with Crippen LogP contribution in [0, 0.1) is 6.92 Å². The molecule has 0 aliphatic rings. The monoisotopic (exact) mass is 267 g/mol. The fraction of sp³-hybridized carbons (Fsp3) is 0.385. The quantitative estimate of drug-likeness (QED) is 0.613. The Morgan fingerprint density at radius 1 is 1.35 bits per heavy atom. The predicted molar refractivity (Wildman–Crippen MR) is 75.1 cm³/mol. The van der Waals surface area contributed by atoms with Crippen LogP contribution in [0.3, 0.4) is 0 Å². The van der Waals surface area contributed by atoms with Crippen LogP contribution in [0.2, 0.25) is 0 Å². The summed E-state index contributed by atoms with van der Waals surface area (Å²) in [6, 6.07) is 6.33. The summed E-state index contributed by atoms with van der Waals surface area (Å²) in [7, 11) is 0. The van der Waals surface area contributed by atoms with Gasteiger partial charge in [-0.25, -0.2) is 0 Å². The molecule has 0 unspecified atom stereocenters. The highest BCUT2D eigenvalue weighted by Gasteiger charge is 2.00. The van der Waals surface area contributed by atoms with Crippen molar-refractivity contribution < 1.29 is 4.42 Å². The van der Waals surface area contributed by atoms with Crippen molar-refractivity contribution in [1.82, 2.24) is 5.32 Å². The molecule has 4 heteroatoms. The summed E-state index contributed by atoms with van der Waals surface area (Å²) in [4.78, 5) is 2.71. The van der Waals surface area contributed by atoms with Gasteiger partial charge < -0.3 is 9.73 Å². The van der Waals surface area contributed by atoms with Crippen LogP contribution in [0.15, 0.2) is 39.2 Å². The second-order valence-corrected chi connectivity index (χ2v) is 5.94. The lowest BCUT2D eigenvalue weighted by Crippen LogP contribution is -2.19. The highest BCUT2D eigenvalue weighted by Crippen LogP contribution is 2.22. The molecule has 1 N–H and O–H groups in total. The molecule has 0 aliphatic heterocycles. The van der Waals surface area contributed by atoms with Crippen LogP contribution in [0.5, 0.6) is 0 Å². The Hall–Kier alpha value is -0.710. The molecule has 17 heavy (non-hydrogen) atoms. The molecule has 2 aromatic heterocycles. The van der Waals surface area contributed by atoms with E-state index in [4.69, 9.17) is 4.42 Å². The van der Waals surface area contributed by atoms with Gasteiger partial charge in [-0.3, -0.25) is 0 Å². The number of hydrogen-bond acceptors (Lipinski definition) is 4. The molecule has 0 radical (unpaired) electrons. The number of thioether (sulfide) groups is 1. The number of rotatable bonds is 7. The van der Waals surface area contributed by atoms with Crippen molar-refractivity contribution in [2.75, 3.05) is 18.8 Å². The molecule has 92 valence electrons. The zero-order valence-corrected chi connectivity index (χ0v) is 11.6. The molecule has 0 saturated carbocycles. The van der Waals surface area contributed by atoms with Crippen molar-refractivity contribution in [1.29, 1.82) is 0 Å². The van der Waals surface area contributed by atoms with Gasteiger partial charge >= 0.3 is 0 Å². The molecular formula is C13H17NOS2. The van der Waals surface area contributed by atoms with E-state index < -0.39 is 0 Å². The number of thiophene rings is 1. The third-order valence-electron chi connectivity index (χ3n) is 2.48. The molecule has 0 spiro atoms. The summed E-state index contributed by atoms with van der Waals surface area (Å²) in [6.45, 7) is 4.11. The van der Waals surface area contributed by atoms with Crippen LogP contribution >= 0.6 is 23.1 Å². The van der Waals surface area contributed by atoms with Gasteiger partial charge in [-0.2, -0.15) is 0 Å². The highest BCUT2D eigenvalue weighted by molar-refractivity contribution is 7.99. The molecule has 0 atom stereocenters. The number of furan rings is 1. The summed E-state index contributed by atoms with van der Waals surface area (Å²) in [5, 5.41) is 5.59. The Kier molecular flexibility index (Phi) is 5.16.